The highest BCUT2D eigenvalue weighted by Gasteiger charge is 2.19. The molecule has 108 valence electrons. The van der Waals surface area contributed by atoms with Crippen molar-refractivity contribution in [3.8, 4) is 0 Å². The van der Waals surface area contributed by atoms with Gasteiger partial charge in [-0.1, -0.05) is 0 Å². The summed E-state index contributed by atoms with van der Waals surface area (Å²) in [6.07, 6.45) is 3.60. The molecule has 0 aromatic carbocycles. The van der Waals surface area contributed by atoms with E-state index >= 15 is 0 Å². The van der Waals surface area contributed by atoms with Gasteiger partial charge in [0.15, 0.2) is 6.10 Å². The van der Waals surface area contributed by atoms with Crippen LogP contribution in [-0.4, -0.2) is 27.9 Å². The molecule has 2 aromatic heterocycles. The van der Waals surface area contributed by atoms with Crippen LogP contribution < -0.4 is 5.32 Å². The normalized spacial score (nSPS) is 11.5. The van der Waals surface area contributed by atoms with Crippen molar-refractivity contribution in [3.05, 3.63) is 54.0 Å². The van der Waals surface area contributed by atoms with Crippen LogP contribution in [0.3, 0.4) is 0 Å². The minimum Gasteiger partial charge on any atom is -0.449 e. The molecule has 6 heteroatoms. The van der Waals surface area contributed by atoms with E-state index < -0.39 is 18.0 Å². The van der Waals surface area contributed by atoms with Gasteiger partial charge in [-0.2, -0.15) is 0 Å². The van der Waals surface area contributed by atoms with E-state index in [9.17, 15) is 9.59 Å². The number of carbonyl (C=O) groups is 2. The second-order valence-electron chi connectivity index (χ2n) is 4.50. The third-order valence-electron chi connectivity index (χ3n) is 2.72. The number of esters is 1. The molecule has 0 saturated heterocycles. The topological polar surface area (TPSA) is 81.2 Å². The number of hydrogen-bond donors (Lipinski definition) is 1. The van der Waals surface area contributed by atoms with E-state index in [4.69, 9.17) is 4.74 Å². The van der Waals surface area contributed by atoms with Crippen LogP contribution in [0.2, 0.25) is 0 Å². The molecule has 0 aliphatic rings. The zero-order chi connectivity index (χ0) is 15.2. The molecule has 0 spiro atoms. The number of pyridine rings is 2. The Bertz CT molecular complexity index is 644. The maximum Gasteiger partial charge on any atom is 0.340 e. The summed E-state index contributed by atoms with van der Waals surface area (Å²) in [4.78, 5) is 31.6. The standard InChI is InChI=1S/C15H15N3O3/c1-10-5-7-17-13(8-10)18-14(19)11(2)21-15(20)12-4-3-6-16-9-12/h3-9,11H,1-2H3,(H,17,18,19). The Labute approximate surface area is 122 Å². The van der Waals surface area contributed by atoms with E-state index in [2.05, 4.69) is 15.3 Å². The Morgan fingerprint density at radius 1 is 1.29 bits per heavy atom. The van der Waals surface area contributed by atoms with Gasteiger partial charge in [0, 0.05) is 18.6 Å². The number of aryl methyl sites for hydroxylation is 1. The number of nitrogens with zero attached hydrogens (tertiary/aromatic N) is 2. The maximum atomic E-state index is 11.9. The van der Waals surface area contributed by atoms with Gasteiger partial charge in [-0.25, -0.2) is 9.78 Å². The zero-order valence-corrected chi connectivity index (χ0v) is 11.7. The van der Waals surface area contributed by atoms with E-state index in [1.165, 1.54) is 13.1 Å². The Morgan fingerprint density at radius 3 is 2.76 bits per heavy atom. The molecule has 0 saturated carbocycles. The summed E-state index contributed by atoms with van der Waals surface area (Å²) in [6.45, 7) is 3.39. The summed E-state index contributed by atoms with van der Waals surface area (Å²) < 4.78 is 5.08. The Hall–Kier alpha value is -2.76. The van der Waals surface area contributed by atoms with E-state index in [0.717, 1.165) is 5.56 Å². The molecule has 1 N–H and O–H groups in total. The molecule has 0 radical (unpaired) electrons. The molecule has 2 rings (SSSR count). The zero-order valence-electron chi connectivity index (χ0n) is 11.7. The third-order valence-corrected chi connectivity index (χ3v) is 2.72. The van der Waals surface area contributed by atoms with Crippen LogP contribution in [0.25, 0.3) is 0 Å². The molecule has 6 nitrogen and oxygen atoms in total. The van der Waals surface area contributed by atoms with E-state index in [0.29, 0.717) is 11.4 Å². The first-order chi connectivity index (χ1) is 10.1. The van der Waals surface area contributed by atoms with Gasteiger partial charge < -0.3 is 10.1 Å². The average molecular weight is 285 g/mol. The number of carbonyl (C=O) groups excluding carboxylic acids is 2. The van der Waals surface area contributed by atoms with Gasteiger partial charge in [-0.15, -0.1) is 0 Å². The Balaban J connectivity index is 1.95. The Morgan fingerprint density at radius 2 is 2.10 bits per heavy atom. The van der Waals surface area contributed by atoms with Crippen molar-refractivity contribution in [2.75, 3.05) is 5.32 Å². The predicted octanol–water partition coefficient (Wildman–Crippen LogP) is 1.97. The van der Waals surface area contributed by atoms with Crippen molar-refractivity contribution >= 4 is 17.7 Å². The Kier molecular flexibility index (Phi) is 4.61. The molecule has 0 aliphatic carbocycles. The van der Waals surface area contributed by atoms with E-state index in [-0.39, 0.29) is 0 Å². The molecule has 1 unspecified atom stereocenters. The number of rotatable bonds is 4. The third kappa shape index (κ3) is 4.10. The van der Waals surface area contributed by atoms with Crippen LogP contribution in [0, 0.1) is 6.92 Å². The average Bonchev–Trinajstić information content (AvgIpc) is 2.48. The van der Waals surface area contributed by atoms with Crippen LogP contribution in [0.4, 0.5) is 5.82 Å². The summed E-state index contributed by atoms with van der Waals surface area (Å²) in [7, 11) is 0. The second kappa shape index (κ2) is 6.60. The van der Waals surface area contributed by atoms with Gasteiger partial charge in [0.2, 0.25) is 0 Å². The van der Waals surface area contributed by atoms with Gasteiger partial charge in [-0.3, -0.25) is 9.78 Å². The highest BCUT2D eigenvalue weighted by atomic mass is 16.5. The van der Waals surface area contributed by atoms with Gasteiger partial charge >= 0.3 is 5.97 Å². The minimum atomic E-state index is -0.931. The van der Waals surface area contributed by atoms with Crippen LogP contribution in [0.1, 0.15) is 22.8 Å². The number of anilines is 1. The summed E-state index contributed by atoms with van der Waals surface area (Å²) in [5.41, 5.74) is 1.27. The first kappa shape index (κ1) is 14.6. The van der Waals surface area contributed by atoms with Crippen LogP contribution in [0.15, 0.2) is 42.9 Å². The minimum absolute atomic E-state index is 0.297. The van der Waals surface area contributed by atoms with Gasteiger partial charge in [0.05, 0.1) is 5.56 Å². The number of nitrogens with one attached hydrogen (secondary N) is 1. The molecule has 0 bridgehead atoms. The molecule has 1 atom stereocenters. The lowest BCUT2D eigenvalue weighted by Crippen LogP contribution is -2.30. The van der Waals surface area contributed by atoms with Gasteiger partial charge in [0.1, 0.15) is 5.82 Å². The lowest BCUT2D eigenvalue weighted by atomic mass is 10.3. The van der Waals surface area contributed by atoms with Crippen molar-refractivity contribution in [1.82, 2.24) is 9.97 Å². The van der Waals surface area contributed by atoms with E-state index in [1.54, 1.807) is 30.6 Å². The lowest BCUT2D eigenvalue weighted by molar-refractivity contribution is -0.123. The quantitative estimate of drug-likeness (QED) is 0.868. The highest BCUT2D eigenvalue weighted by Crippen LogP contribution is 2.08. The van der Waals surface area contributed by atoms with Crippen LogP contribution in [0.5, 0.6) is 0 Å². The first-order valence-electron chi connectivity index (χ1n) is 6.41. The number of hydrogen-bond acceptors (Lipinski definition) is 5. The van der Waals surface area contributed by atoms with Crippen molar-refractivity contribution in [2.24, 2.45) is 0 Å². The van der Waals surface area contributed by atoms with Crippen molar-refractivity contribution in [1.29, 1.82) is 0 Å². The SMILES string of the molecule is Cc1ccnc(NC(=O)C(C)OC(=O)c2cccnc2)c1. The van der Waals surface area contributed by atoms with E-state index in [1.807, 2.05) is 13.0 Å². The number of aromatic nitrogens is 2. The fraction of sp³-hybridized carbons (Fsp3) is 0.200. The van der Waals surface area contributed by atoms with Gasteiger partial charge in [-0.05, 0) is 43.7 Å². The largest absolute Gasteiger partial charge is 0.449 e. The van der Waals surface area contributed by atoms with Crippen molar-refractivity contribution < 1.29 is 14.3 Å². The maximum absolute atomic E-state index is 11.9. The van der Waals surface area contributed by atoms with Crippen molar-refractivity contribution in [3.63, 3.8) is 0 Å². The summed E-state index contributed by atoms with van der Waals surface area (Å²) in [5.74, 6) is -0.613. The molecule has 2 aromatic rings. The summed E-state index contributed by atoms with van der Waals surface area (Å²) in [5, 5.41) is 2.60. The first-order valence-corrected chi connectivity index (χ1v) is 6.41. The second-order valence-corrected chi connectivity index (χ2v) is 4.50. The molecular formula is C15H15N3O3. The lowest BCUT2D eigenvalue weighted by Gasteiger charge is -2.13. The fourth-order valence-electron chi connectivity index (χ4n) is 1.60. The molecular weight excluding hydrogens is 270 g/mol. The summed E-state index contributed by atoms with van der Waals surface area (Å²) in [6, 6.07) is 6.75. The fourth-order valence-corrected chi connectivity index (χ4v) is 1.60. The monoisotopic (exact) mass is 285 g/mol. The van der Waals surface area contributed by atoms with Crippen molar-refractivity contribution in [2.45, 2.75) is 20.0 Å². The molecule has 0 aliphatic heterocycles. The molecule has 21 heavy (non-hydrogen) atoms. The smallest absolute Gasteiger partial charge is 0.340 e. The number of ether oxygens (including phenoxy) is 1. The molecule has 2 heterocycles. The highest BCUT2D eigenvalue weighted by molar-refractivity contribution is 5.96. The van der Waals surface area contributed by atoms with Gasteiger partial charge in [0.25, 0.3) is 5.91 Å². The van der Waals surface area contributed by atoms with Crippen LogP contribution in [-0.2, 0) is 9.53 Å². The summed E-state index contributed by atoms with van der Waals surface area (Å²) >= 11 is 0. The number of amides is 1. The molecule has 1 amide bonds. The van der Waals surface area contributed by atoms with Crippen LogP contribution >= 0.6 is 0 Å². The predicted molar refractivity (Wildman–Crippen MR) is 76.7 cm³/mol. The molecule has 0 fully saturated rings.